The van der Waals surface area contributed by atoms with Gasteiger partial charge in [0.1, 0.15) is 0 Å². The fourth-order valence-electron chi connectivity index (χ4n) is 1.13. The monoisotopic (exact) mass is 290 g/mol. The average Bonchev–Trinajstić information content (AvgIpc) is 2.18. The second-order valence-electron chi connectivity index (χ2n) is 3.89. The predicted molar refractivity (Wildman–Crippen MR) is 64.3 cm³/mol. The van der Waals surface area contributed by atoms with Crippen molar-refractivity contribution >= 4 is 28.5 Å². The summed E-state index contributed by atoms with van der Waals surface area (Å²) in [5.74, 6) is -0.453. The molecule has 0 heterocycles. The van der Waals surface area contributed by atoms with Crippen LogP contribution < -0.4 is 10.2 Å². The van der Waals surface area contributed by atoms with Crippen molar-refractivity contribution < 1.29 is 19.2 Å². The molecule has 3 nitrogen and oxygen atoms in total. The van der Waals surface area contributed by atoms with Gasteiger partial charge in [-0.3, -0.25) is 0 Å². The Morgan fingerprint density at radius 1 is 1.44 bits per heavy atom. The summed E-state index contributed by atoms with van der Waals surface area (Å²) in [5, 5.41) is 17.9. The largest absolute Gasteiger partial charge is 0.491 e. The van der Waals surface area contributed by atoms with Crippen molar-refractivity contribution in [3.8, 4) is 5.75 Å². The van der Waals surface area contributed by atoms with Crippen molar-refractivity contribution in [1.82, 2.24) is 0 Å². The van der Waals surface area contributed by atoms with Gasteiger partial charge in [0, 0.05) is 9.94 Å². The van der Waals surface area contributed by atoms with E-state index in [1.807, 2.05) is 13.8 Å². The third-order valence-electron chi connectivity index (χ3n) is 1.88. The van der Waals surface area contributed by atoms with Crippen LogP contribution in [0, 0.1) is 11.7 Å². The molecule has 1 aromatic rings. The first-order valence-electron chi connectivity index (χ1n) is 4.89. The van der Waals surface area contributed by atoms with Crippen molar-refractivity contribution in [2.24, 2.45) is 5.92 Å². The van der Waals surface area contributed by atoms with E-state index in [4.69, 9.17) is 14.8 Å². The van der Waals surface area contributed by atoms with Crippen LogP contribution in [0.25, 0.3) is 0 Å². The lowest BCUT2D eigenvalue weighted by Gasteiger charge is -2.12. The van der Waals surface area contributed by atoms with Gasteiger partial charge in [0.2, 0.25) is 0 Å². The zero-order valence-electron chi connectivity index (χ0n) is 9.08. The van der Waals surface area contributed by atoms with Gasteiger partial charge in [-0.2, -0.15) is 0 Å². The van der Waals surface area contributed by atoms with Crippen LogP contribution in [0.5, 0.6) is 5.75 Å². The van der Waals surface area contributed by atoms with Gasteiger partial charge in [0.25, 0.3) is 0 Å². The van der Waals surface area contributed by atoms with Crippen molar-refractivity contribution in [1.29, 1.82) is 0 Å². The molecule has 0 aromatic heterocycles. The van der Waals surface area contributed by atoms with Crippen LogP contribution in [0.4, 0.5) is 4.39 Å². The van der Waals surface area contributed by atoms with Crippen molar-refractivity contribution in [3.63, 3.8) is 0 Å². The molecule has 0 atom stereocenters. The average molecular weight is 291 g/mol. The van der Waals surface area contributed by atoms with Gasteiger partial charge in [-0.05, 0) is 18.1 Å². The first-order valence-corrected chi connectivity index (χ1v) is 5.69. The zero-order valence-corrected chi connectivity index (χ0v) is 10.7. The van der Waals surface area contributed by atoms with Crippen LogP contribution in [0.2, 0.25) is 0 Å². The molecule has 0 saturated carbocycles. The molecule has 1 rings (SSSR count). The third kappa shape index (κ3) is 3.47. The van der Waals surface area contributed by atoms with Gasteiger partial charge in [0.05, 0.1) is 6.61 Å². The van der Waals surface area contributed by atoms with Gasteiger partial charge in [0.15, 0.2) is 11.6 Å². The molecule has 1 aromatic carbocycles. The van der Waals surface area contributed by atoms with Gasteiger partial charge >= 0.3 is 7.12 Å². The molecule has 88 valence electrons. The maximum absolute atomic E-state index is 13.7. The molecule has 0 aliphatic heterocycles. The van der Waals surface area contributed by atoms with Crippen molar-refractivity contribution in [2.75, 3.05) is 6.61 Å². The number of hydrogen-bond acceptors (Lipinski definition) is 3. The quantitative estimate of drug-likeness (QED) is 0.822. The fraction of sp³-hybridized carbons (Fsp3) is 0.400. The highest BCUT2D eigenvalue weighted by atomic mass is 79.9. The maximum Gasteiger partial charge on any atom is 0.491 e. The lowest BCUT2D eigenvalue weighted by Crippen LogP contribution is -2.33. The Bertz CT molecular complexity index is 371. The van der Waals surface area contributed by atoms with Crippen LogP contribution in [0.1, 0.15) is 13.8 Å². The van der Waals surface area contributed by atoms with E-state index in [1.54, 1.807) is 0 Å². The summed E-state index contributed by atoms with van der Waals surface area (Å²) < 4.78 is 19.5. The summed E-state index contributed by atoms with van der Waals surface area (Å²) in [6.07, 6.45) is 0. The predicted octanol–water partition coefficient (Wildman–Crippen LogP) is 1.30. The molecule has 0 saturated heterocycles. The first-order chi connectivity index (χ1) is 7.41. The van der Waals surface area contributed by atoms with Crippen LogP contribution >= 0.6 is 15.9 Å². The van der Waals surface area contributed by atoms with Gasteiger partial charge < -0.3 is 14.8 Å². The van der Waals surface area contributed by atoms with Crippen molar-refractivity contribution in [2.45, 2.75) is 13.8 Å². The van der Waals surface area contributed by atoms with E-state index < -0.39 is 12.9 Å². The fourth-order valence-corrected chi connectivity index (χ4v) is 1.59. The topological polar surface area (TPSA) is 49.7 Å². The molecule has 0 aliphatic carbocycles. The Labute approximate surface area is 103 Å². The highest BCUT2D eigenvalue weighted by molar-refractivity contribution is 9.10. The Hall–Kier alpha value is -0.585. The first kappa shape index (κ1) is 13.5. The summed E-state index contributed by atoms with van der Waals surface area (Å²) in [5.41, 5.74) is -0.201. The molecule has 0 radical (unpaired) electrons. The number of halogens is 2. The minimum atomic E-state index is -1.85. The second-order valence-corrected chi connectivity index (χ2v) is 4.80. The van der Waals surface area contributed by atoms with Crippen LogP contribution in [0.3, 0.4) is 0 Å². The Morgan fingerprint density at radius 3 is 2.56 bits per heavy atom. The maximum atomic E-state index is 13.7. The number of hydrogen-bond donors (Lipinski definition) is 2. The minimum Gasteiger partial charge on any atom is -0.490 e. The Kier molecular flexibility index (Phi) is 4.77. The highest BCUT2D eigenvalue weighted by Gasteiger charge is 2.21. The molecule has 6 heteroatoms. The molecule has 0 unspecified atom stereocenters. The van der Waals surface area contributed by atoms with E-state index in [0.717, 1.165) is 0 Å². The summed E-state index contributed by atoms with van der Waals surface area (Å²) in [6.45, 7) is 4.25. The number of rotatable bonds is 4. The number of ether oxygens (including phenoxy) is 1. The van der Waals surface area contributed by atoms with Gasteiger partial charge in [-0.15, -0.1) is 0 Å². The summed E-state index contributed by atoms with van der Waals surface area (Å²) in [7, 11) is -1.85. The smallest absolute Gasteiger partial charge is 0.490 e. The van der Waals surface area contributed by atoms with Crippen LogP contribution in [0.15, 0.2) is 16.6 Å². The van der Waals surface area contributed by atoms with Crippen LogP contribution in [-0.2, 0) is 0 Å². The zero-order chi connectivity index (χ0) is 12.3. The van der Waals surface area contributed by atoms with Gasteiger partial charge in [-0.25, -0.2) is 4.39 Å². The minimum absolute atomic E-state index is 0.0196. The SMILES string of the molecule is CC(C)COc1cc(Br)cc(B(O)O)c1F. The van der Waals surface area contributed by atoms with Crippen molar-refractivity contribution in [3.05, 3.63) is 22.4 Å². The van der Waals surface area contributed by atoms with E-state index in [-0.39, 0.29) is 17.1 Å². The van der Waals surface area contributed by atoms with Crippen LogP contribution in [-0.4, -0.2) is 23.8 Å². The van der Waals surface area contributed by atoms with E-state index in [0.29, 0.717) is 11.1 Å². The van der Waals surface area contributed by atoms with E-state index in [9.17, 15) is 4.39 Å². The van der Waals surface area contributed by atoms with E-state index in [2.05, 4.69) is 15.9 Å². The number of benzene rings is 1. The molecule has 0 bridgehead atoms. The highest BCUT2D eigenvalue weighted by Crippen LogP contribution is 2.21. The second kappa shape index (κ2) is 5.66. The normalized spacial score (nSPS) is 10.7. The van der Waals surface area contributed by atoms with Gasteiger partial charge in [-0.1, -0.05) is 29.8 Å². The third-order valence-corrected chi connectivity index (χ3v) is 2.34. The Morgan fingerprint density at radius 2 is 2.06 bits per heavy atom. The standard InChI is InChI=1S/C10H13BBrFO3/c1-6(2)5-16-9-4-7(12)3-8(10(9)13)11(14)15/h3-4,6,14-15H,5H2,1-2H3. The molecule has 0 aliphatic rings. The summed E-state index contributed by atoms with van der Waals surface area (Å²) in [6, 6.07) is 2.77. The Balaban J connectivity index is 2.99. The lowest BCUT2D eigenvalue weighted by molar-refractivity contribution is 0.259. The summed E-state index contributed by atoms with van der Waals surface area (Å²) in [4.78, 5) is 0. The van der Waals surface area contributed by atoms with E-state index >= 15 is 0 Å². The van der Waals surface area contributed by atoms with E-state index in [1.165, 1.54) is 12.1 Å². The lowest BCUT2D eigenvalue weighted by atomic mass is 9.80. The molecular weight excluding hydrogens is 278 g/mol. The molecular formula is C10H13BBrFO3. The molecule has 2 N–H and O–H groups in total. The molecule has 0 amide bonds. The molecule has 16 heavy (non-hydrogen) atoms. The summed E-state index contributed by atoms with van der Waals surface area (Å²) >= 11 is 3.15. The molecule has 0 spiro atoms. The molecule has 0 fully saturated rings.